The van der Waals surface area contributed by atoms with Gasteiger partial charge in [-0.1, -0.05) is 30.3 Å². The van der Waals surface area contributed by atoms with Gasteiger partial charge in [0, 0.05) is 11.9 Å². The maximum absolute atomic E-state index is 12.8. The molecule has 0 aliphatic heterocycles. The van der Waals surface area contributed by atoms with Crippen molar-refractivity contribution in [1.82, 2.24) is 4.98 Å². The van der Waals surface area contributed by atoms with E-state index in [2.05, 4.69) is 15.0 Å². The molecule has 0 bridgehead atoms. The molecule has 0 unspecified atom stereocenters. The number of carbonyl (C=O) groups excluding carboxylic acids is 1. The molecule has 8 nitrogen and oxygen atoms in total. The molecule has 4 aromatic rings. The first kappa shape index (κ1) is 21.1. The van der Waals surface area contributed by atoms with Crippen LogP contribution in [-0.4, -0.2) is 26.8 Å². The molecule has 0 radical (unpaired) electrons. The van der Waals surface area contributed by atoms with Crippen LogP contribution < -0.4 is 14.8 Å². The van der Waals surface area contributed by atoms with Gasteiger partial charge >= 0.3 is 0 Å². The maximum Gasteiger partial charge on any atom is 0.261 e. The van der Waals surface area contributed by atoms with E-state index in [1.807, 2.05) is 6.07 Å². The highest BCUT2D eigenvalue weighted by molar-refractivity contribution is 7.92. The van der Waals surface area contributed by atoms with Gasteiger partial charge in [-0.2, -0.15) is 0 Å². The van der Waals surface area contributed by atoms with E-state index in [0.29, 0.717) is 34.5 Å². The lowest BCUT2D eigenvalue weighted by atomic mass is 10.2. The van der Waals surface area contributed by atoms with E-state index in [1.54, 1.807) is 48.5 Å². The summed E-state index contributed by atoms with van der Waals surface area (Å²) in [5.74, 6) is 0.532. The summed E-state index contributed by atoms with van der Waals surface area (Å²) >= 11 is 0. The number of rotatable bonds is 8. The van der Waals surface area contributed by atoms with Crippen LogP contribution in [-0.2, 0) is 14.8 Å². The molecule has 0 aliphatic carbocycles. The molecule has 9 heteroatoms. The van der Waals surface area contributed by atoms with Crippen LogP contribution in [0.25, 0.3) is 16.7 Å². The van der Waals surface area contributed by atoms with Crippen molar-refractivity contribution in [1.29, 1.82) is 0 Å². The summed E-state index contributed by atoms with van der Waals surface area (Å²) in [5, 5.41) is 2.92. The zero-order valence-electron chi connectivity index (χ0n) is 17.0. The zero-order chi connectivity index (χ0) is 22.6. The Morgan fingerprint density at radius 2 is 1.78 bits per heavy atom. The quantitative estimate of drug-likeness (QED) is 0.305. The van der Waals surface area contributed by atoms with Gasteiger partial charge < -0.3 is 14.5 Å². The van der Waals surface area contributed by atoms with Crippen molar-refractivity contribution in [3.8, 4) is 5.75 Å². The summed E-state index contributed by atoms with van der Waals surface area (Å²) in [4.78, 5) is 16.0. The third-order valence-electron chi connectivity index (χ3n) is 4.56. The van der Waals surface area contributed by atoms with E-state index >= 15 is 0 Å². The highest BCUT2D eigenvalue weighted by atomic mass is 32.2. The van der Waals surface area contributed by atoms with Crippen LogP contribution in [0.5, 0.6) is 5.75 Å². The molecule has 0 atom stereocenters. The lowest BCUT2D eigenvalue weighted by molar-refractivity contribution is -0.103. The zero-order valence-corrected chi connectivity index (χ0v) is 17.8. The molecule has 3 aromatic carbocycles. The Labute approximate surface area is 184 Å². The number of benzene rings is 3. The van der Waals surface area contributed by atoms with E-state index in [1.165, 1.54) is 31.5 Å². The average Bonchev–Trinajstić information content (AvgIpc) is 3.24. The SMILES string of the molecule is COc1ccc(S(=O)(=O)Nc2ccccc2)cc1N/C=C(\C=O)c1nc2ccccc2o1. The van der Waals surface area contributed by atoms with Gasteiger partial charge in [0.1, 0.15) is 11.3 Å². The molecule has 0 aliphatic rings. The number of anilines is 2. The summed E-state index contributed by atoms with van der Waals surface area (Å²) in [5.41, 5.74) is 2.11. The van der Waals surface area contributed by atoms with Gasteiger partial charge in [0.2, 0.25) is 5.89 Å². The average molecular weight is 449 g/mol. The number of aromatic nitrogens is 1. The second-order valence-corrected chi connectivity index (χ2v) is 8.36. The van der Waals surface area contributed by atoms with Crippen molar-refractivity contribution in [2.45, 2.75) is 4.90 Å². The smallest absolute Gasteiger partial charge is 0.261 e. The number of hydrogen-bond donors (Lipinski definition) is 2. The first-order chi connectivity index (χ1) is 15.5. The second-order valence-electron chi connectivity index (χ2n) is 6.68. The second kappa shape index (κ2) is 8.94. The van der Waals surface area contributed by atoms with Crippen LogP contribution in [0.4, 0.5) is 11.4 Å². The standard InChI is InChI=1S/C23H19N3O5S/c1-30-21-12-11-18(32(28,29)26-17-7-3-2-4-8-17)13-20(21)24-14-16(15-27)23-25-19-9-5-6-10-22(19)31-23/h2-15,24,26H,1H3/b16-14+. The number of para-hydroxylation sites is 3. The van der Waals surface area contributed by atoms with E-state index in [-0.39, 0.29) is 16.4 Å². The number of fused-ring (bicyclic) bond motifs is 1. The van der Waals surface area contributed by atoms with Gasteiger partial charge in [0.25, 0.3) is 10.0 Å². The molecular weight excluding hydrogens is 430 g/mol. The predicted octanol–water partition coefficient (Wildman–Crippen LogP) is 4.29. The minimum atomic E-state index is -3.84. The number of ether oxygens (including phenoxy) is 1. The molecule has 32 heavy (non-hydrogen) atoms. The summed E-state index contributed by atoms with van der Waals surface area (Å²) in [6.07, 6.45) is 1.98. The number of nitrogens with zero attached hydrogens (tertiary/aromatic N) is 1. The fourth-order valence-electron chi connectivity index (χ4n) is 2.98. The Morgan fingerprint density at radius 1 is 1.03 bits per heavy atom. The van der Waals surface area contributed by atoms with E-state index in [9.17, 15) is 13.2 Å². The highest BCUT2D eigenvalue weighted by Crippen LogP contribution is 2.29. The van der Waals surface area contributed by atoms with Gasteiger partial charge in [-0.25, -0.2) is 13.4 Å². The van der Waals surface area contributed by atoms with E-state index < -0.39 is 10.0 Å². The summed E-state index contributed by atoms with van der Waals surface area (Å²) in [7, 11) is -2.38. The Morgan fingerprint density at radius 3 is 2.50 bits per heavy atom. The maximum atomic E-state index is 12.8. The molecular formula is C23H19N3O5S. The topological polar surface area (TPSA) is 111 Å². The van der Waals surface area contributed by atoms with Crippen LogP contribution in [0, 0.1) is 0 Å². The van der Waals surface area contributed by atoms with Crippen molar-refractivity contribution in [3.05, 3.63) is 84.9 Å². The van der Waals surface area contributed by atoms with Crippen molar-refractivity contribution in [2.75, 3.05) is 17.1 Å². The van der Waals surface area contributed by atoms with Gasteiger partial charge in [-0.05, 0) is 42.5 Å². The fraction of sp³-hybridized carbons (Fsp3) is 0.0435. The Hall–Kier alpha value is -4.11. The van der Waals surface area contributed by atoms with Crippen molar-refractivity contribution in [2.24, 2.45) is 0 Å². The molecule has 162 valence electrons. The molecule has 0 spiro atoms. The van der Waals surface area contributed by atoms with Crippen molar-refractivity contribution < 1.29 is 22.4 Å². The third kappa shape index (κ3) is 4.47. The number of sulfonamides is 1. The number of hydrogen-bond acceptors (Lipinski definition) is 7. The van der Waals surface area contributed by atoms with E-state index in [0.717, 1.165) is 0 Å². The van der Waals surface area contributed by atoms with Gasteiger partial charge in [0.05, 0.1) is 23.3 Å². The lowest BCUT2D eigenvalue weighted by Crippen LogP contribution is -2.13. The molecule has 0 amide bonds. The first-order valence-corrected chi connectivity index (χ1v) is 11.0. The fourth-order valence-corrected chi connectivity index (χ4v) is 4.07. The van der Waals surface area contributed by atoms with Crippen LogP contribution in [0.3, 0.4) is 0 Å². The normalized spacial score (nSPS) is 11.8. The Kier molecular flexibility index (Phi) is 5.91. The van der Waals surface area contributed by atoms with Crippen LogP contribution in [0.1, 0.15) is 5.89 Å². The molecule has 0 saturated carbocycles. The molecule has 1 aromatic heterocycles. The third-order valence-corrected chi connectivity index (χ3v) is 5.94. The van der Waals surface area contributed by atoms with Crippen molar-refractivity contribution >= 4 is 44.4 Å². The molecule has 2 N–H and O–H groups in total. The number of allylic oxidation sites excluding steroid dienone is 1. The molecule has 0 fully saturated rings. The lowest BCUT2D eigenvalue weighted by Gasteiger charge is -2.12. The van der Waals surface area contributed by atoms with E-state index in [4.69, 9.17) is 9.15 Å². The molecule has 1 heterocycles. The number of oxazole rings is 1. The Balaban J connectivity index is 1.64. The summed E-state index contributed by atoms with van der Waals surface area (Å²) in [6.45, 7) is 0. The van der Waals surface area contributed by atoms with Crippen molar-refractivity contribution in [3.63, 3.8) is 0 Å². The monoisotopic (exact) mass is 449 g/mol. The Bertz CT molecular complexity index is 1360. The minimum absolute atomic E-state index is 0.0209. The van der Waals surface area contributed by atoms with Crippen LogP contribution >= 0.6 is 0 Å². The van der Waals surface area contributed by atoms with Gasteiger partial charge in [0.15, 0.2) is 11.9 Å². The summed E-state index contributed by atoms with van der Waals surface area (Å²) < 4.78 is 39.0. The van der Waals surface area contributed by atoms with Crippen LogP contribution in [0.15, 0.2) is 88.3 Å². The van der Waals surface area contributed by atoms with Crippen LogP contribution in [0.2, 0.25) is 0 Å². The number of nitrogens with one attached hydrogen (secondary N) is 2. The number of carbonyl (C=O) groups is 1. The van der Waals surface area contributed by atoms with Gasteiger partial charge in [-0.3, -0.25) is 9.52 Å². The van der Waals surface area contributed by atoms with Gasteiger partial charge in [-0.15, -0.1) is 0 Å². The molecule has 4 rings (SSSR count). The predicted molar refractivity (Wildman–Crippen MR) is 122 cm³/mol. The number of methoxy groups -OCH3 is 1. The largest absolute Gasteiger partial charge is 0.495 e. The first-order valence-electron chi connectivity index (χ1n) is 9.54. The number of aldehydes is 1. The highest BCUT2D eigenvalue weighted by Gasteiger charge is 2.17. The molecule has 0 saturated heterocycles. The minimum Gasteiger partial charge on any atom is -0.495 e. The summed E-state index contributed by atoms with van der Waals surface area (Å²) in [6, 6.07) is 20.1.